The zero-order valence-corrected chi connectivity index (χ0v) is 13.8. The smallest absolute Gasteiger partial charge is 0.156 e. The monoisotopic (exact) mass is 316 g/mol. The fourth-order valence-electron chi connectivity index (χ4n) is 2.85. The van der Waals surface area contributed by atoms with Crippen LogP contribution in [0, 0.1) is 0 Å². The Morgan fingerprint density at radius 3 is 3.04 bits per heavy atom. The van der Waals surface area contributed by atoms with E-state index in [1.807, 2.05) is 6.07 Å². The Morgan fingerprint density at radius 2 is 2.35 bits per heavy atom. The molecule has 0 spiro atoms. The molecule has 3 rings (SSSR count). The Morgan fingerprint density at radius 1 is 1.43 bits per heavy atom. The maximum Gasteiger partial charge on any atom is 0.156 e. The summed E-state index contributed by atoms with van der Waals surface area (Å²) in [5, 5.41) is 3.41. The van der Waals surface area contributed by atoms with Gasteiger partial charge in [-0.15, -0.1) is 0 Å². The lowest BCUT2D eigenvalue weighted by Gasteiger charge is -2.13. The summed E-state index contributed by atoms with van der Waals surface area (Å²) in [6.45, 7) is 2.81. The average Bonchev–Trinajstić information content (AvgIpc) is 3.20. The summed E-state index contributed by atoms with van der Waals surface area (Å²) in [5.74, 6) is 1.95. The minimum absolute atomic E-state index is 0.363. The molecule has 0 aromatic carbocycles. The van der Waals surface area contributed by atoms with Gasteiger partial charge in [-0.3, -0.25) is 0 Å². The summed E-state index contributed by atoms with van der Waals surface area (Å²) in [6.07, 6.45) is 4.04. The van der Waals surface area contributed by atoms with Crippen molar-refractivity contribution in [3.8, 4) is 0 Å². The zero-order valence-electron chi connectivity index (χ0n) is 13.8. The highest BCUT2D eigenvalue weighted by molar-refractivity contribution is 5.37. The van der Waals surface area contributed by atoms with Crippen LogP contribution < -0.4 is 5.32 Å². The molecule has 1 fully saturated rings. The molecule has 1 aliphatic rings. The van der Waals surface area contributed by atoms with Gasteiger partial charge in [-0.25, -0.2) is 9.97 Å². The van der Waals surface area contributed by atoms with Gasteiger partial charge in [0, 0.05) is 57.6 Å². The molecule has 1 atom stereocenters. The normalized spacial score (nSPS) is 17.6. The van der Waals surface area contributed by atoms with E-state index in [0.29, 0.717) is 12.5 Å². The molecule has 6 heteroatoms. The lowest BCUT2D eigenvalue weighted by molar-refractivity contribution is 0.177. The van der Waals surface area contributed by atoms with Crippen molar-refractivity contribution in [2.75, 3.05) is 32.2 Å². The fourth-order valence-corrected chi connectivity index (χ4v) is 2.85. The first-order valence-electron chi connectivity index (χ1n) is 8.05. The molecule has 3 heterocycles. The van der Waals surface area contributed by atoms with Gasteiger partial charge in [-0.2, -0.15) is 0 Å². The number of aromatic nitrogens is 3. The molecule has 1 unspecified atom stereocenters. The summed E-state index contributed by atoms with van der Waals surface area (Å²) in [6, 6.07) is 6.25. The lowest BCUT2D eigenvalue weighted by Crippen LogP contribution is -2.12. The molecule has 2 aromatic rings. The first kappa shape index (κ1) is 16.0. The number of hydrogen-bond donors (Lipinski definition) is 1. The Kier molecular flexibility index (Phi) is 5.25. The van der Waals surface area contributed by atoms with E-state index in [-0.39, 0.29) is 0 Å². The van der Waals surface area contributed by atoms with Crippen LogP contribution in [0.3, 0.4) is 0 Å². The average molecular weight is 316 g/mol. The van der Waals surface area contributed by atoms with Gasteiger partial charge in [0.05, 0.1) is 12.3 Å². The standard InChI is InChI=1S/C17H24N4O2/c1-21-8-3-4-14(21)5-7-18-16-10-15(13-6-9-23-11-13)19-17(20-16)12-22-2/h3-4,8,10,13H,5-7,9,11-12H2,1-2H3,(H,18,19,20). The van der Waals surface area contributed by atoms with E-state index in [1.165, 1.54) is 5.69 Å². The minimum Gasteiger partial charge on any atom is -0.381 e. The molecular weight excluding hydrogens is 292 g/mol. The lowest BCUT2D eigenvalue weighted by atomic mass is 10.0. The molecule has 0 bridgehead atoms. The molecule has 0 aliphatic carbocycles. The van der Waals surface area contributed by atoms with Crippen LogP contribution in [0.1, 0.15) is 29.6 Å². The van der Waals surface area contributed by atoms with Crippen LogP contribution in [-0.4, -0.2) is 41.4 Å². The van der Waals surface area contributed by atoms with Crippen LogP contribution in [0.15, 0.2) is 24.4 Å². The third-order valence-electron chi connectivity index (χ3n) is 4.15. The highest BCUT2D eigenvalue weighted by atomic mass is 16.5. The van der Waals surface area contributed by atoms with E-state index in [2.05, 4.69) is 45.2 Å². The first-order valence-corrected chi connectivity index (χ1v) is 8.05. The van der Waals surface area contributed by atoms with Gasteiger partial charge in [0.2, 0.25) is 0 Å². The van der Waals surface area contributed by atoms with Crippen LogP contribution in [-0.2, 0) is 29.5 Å². The molecule has 0 radical (unpaired) electrons. The van der Waals surface area contributed by atoms with Crippen molar-refractivity contribution in [1.29, 1.82) is 0 Å². The first-order chi connectivity index (χ1) is 11.3. The van der Waals surface area contributed by atoms with Crippen LogP contribution >= 0.6 is 0 Å². The van der Waals surface area contributed by atoms with Crippen molar-refractivity contribution in [3.63, 3.8) is 0 Å². The molecule has 1 saturated heterocycles. The number of hydrogen-bond acceptors (Lipinski definition) is 5. The van der Waals surface area contributed by atoms with Crippen LogP contribution in [0.2, 0.25) is 0 Å². The van der Waals surface area contributed by atoms with Crippen molar-refractivity contribution in [2.45, 2.75) is 25.4 Å². The minimum atomic E-state index is 0.363. The van der Waals surface area contributed by atoms with Gasteiger partial charge >= 0.3 is 0 Å². The van der Waals surface area contributed by atoms with Gasteiger partial charge in [-0.05, 0) is 18.6 Å². The van der Waals surface area contributed by atoms with Crippen molar-refractivity contribution in [3.05, 3.63) is 41.6 Å². The maximum atomic E-state index is 5.48. The van der Waals surface area contributed by atoms with E-state index in [9.17, 15) is 0 Å². The van der Waals surface area contributed by atoms with E-state index < -0.39 is 0 Å². The predicted octanol–water partition coefficient (Wildman–Crippen LogP) is 2.12. The topological polar surface area (TPSA) is 61.2 Å². The molecule has 0 saturated carbocycles. The van der Waals surface area contributed by atoms with Crippen LogP contribution in [0.4, 0.5) is 5.82 Å². The van der Waals surface area contributed by atoms with Crippen molar-refractivity contribution in [1.82, 2.24) is 14.5 Å². The number of nitrogens with one attached hydrogen (secondary N) is 1. The van der Waals surface area contributed by atoms with Crippen LogP contribution in [0.25, 0.3) is 0 Å². The number of anilines is 1. The maximum absolute atomic E-state index is 5.48. The quantitative estimate of drug-likeness (QED) is 0.848. The predicted molar refractivity (Wildman–Crippen MR) is 88.5 cm³/mol. The molecule has 23 heavy (non-hydrogen) atoms. The van der Waals surface area contributed by atoms with Crippen LogP contribution in [0.5, 0.6) is 0 Å². The SMILES string of the molecule is COCc1nc(NCCc2cccn2C)cc(C2CCOC2)n1. The Labute approximate surface area is 136 Å². The van der Waals surface area contributed by atoms with Crippen molar-refractivity contribution < 1.29 is 9.47 Å². The third-order valence-corrected chi connectivity index (χ3v) is 4.15. The van der Waals surface area contributed by atoms with Gasteiger partial charge in [0.25, 0.3) is 0 Å². The number of aryl methyl sites for hydroxylation is 1. The van der Waals surface area contributed by atoms with E-state index in [1.54, 1.807) is 7.11 Å². The Bertz CT molecular complexity index is 635. The van der Waals surface area contributed by atoms with Crippen molar-refractivity contribution in [2.24, 2.45) is 7.05 Å². The molecule has 0 amide bonds. The summed E-state index contributed by atoms with van der Waals surface area (Å²) in [5.41, 5.74) is 2.35. The second-order valence-electron chi connectivity index (χ2n) is 5.88. The molecule has 1 aliphatic heterocycles. The highest BCUT2D eigenvalue weighted by Gasteiger charge is 2.20. The van der Waals surface area contributed by atoms with Gasteiger partial charge in [0.1, 0.15) is 12.4 Å². The van der Waals surface area contributed by atoms with E-state index >= 15 is 0 Å². The Hall–Kier alpha value is -1.92. The summed E-state index contributed by atoms with van der Waals surface area (Å²) in [7, 11) is 3.73. The highest BCUT2D eigenvalue weighted by Crippen LogP contribution is 2.25. The largest absolute Gasteiger partial charge is 0.381 e. The third kappa shape index (κ3) is 4.09. The van der Waals surface area contributed by atoms with Gasteiger partial charge in [-0.1, -0.05) is 0 Å². The number of ether oxygens (including phenoxy) is 2. The molecule has 2 aromatic heterocycles. The molecule has 6 nitrogen and oxygen atoms in total. The molecule has 1 N–H and O–H groups in total. The van der Waals surface area contributed by atoms with Gasteiger partial charge in [0.15, 0.2) is 5.82 Å². The zero-order chi connectivity index (χ0) is 16.1. The Balaban J connectivity index is 1.68. The fraction of sp³-hybridized carbons (Fsp3) is 0.529. The number of nitrogens with zero attached hydrogens (tertiary/aromatic N) is 3. The van der Waals surface area contributed by atoms with Crippen molar-refractivity contribution >= 4 is 5.82 Å². The number of methoxy groups -OCH3 is 1. The molecule has 124 valence electrons. The number of rotatable bonds is 7. The second kappa shape index (κ2) is 7.57. The summed E-state index contributed by atoms with van der Waals surface area (Å²) < 4.78 is 12.8. The molecular formula is C17H24N4O2. The van der Waals surface area contributed by atoms with E-state index in [4.69, 9.17) is 9.47 Å². The van der Waals surface area contributed by atoms with Gasteiger partial charge < -0.3 is 19.4 Å². The summed E-state index contributed by atoms with van der Waals surface area (Å²) >= 11 is 0. The summed E-state index contributed by atoms with van der Waals surface area (Å²) in [4.78, 5) is 9.16. The second-order valence-corrected chi connectivity index (χ2v) is 5.88. The van der Waals surface area contributed by atoms with E-state index in [0.717, 1.165) is 49.9 Å².